The number of phenolic OH excluding ortho intramolecular Hbond substituents is 1. The van der Waals surface area contributed by atoms with E-state index in [9.17, 15) is 34.2 Å². The van der Waals surface area contributed by atoms with Crippen LogP contribution in [0.1, 0.15) is 58.9 Å². The second kappa shape index (κ2) is 15.6. The van der Waals surface area contributed by atoms with Crippen molar-refractivity contribution in [3.8, 4) is 5.75 Å². The molecule has 0 spiro atoms. The summed E-state index contributed by atoms with van der Waals surface area (Å²) in [6, 6.07) is 1.68. The van der Waals surface area contributed by atoms with Crippen molar-refractivity contribution in [2.75, 3.05) is 0 Å². The largest absolute Gasteiger partial charge is 0.508 e. The van der Waals surface area contributed by atoms with Gasteiger partial charge >= 0.3 is 5.97 Å². The number of rotatable bonds is 16. The fraction of sp³-hybridized carbons (Fsp3) is 0.577. The van der Waals surface area contributed by atoms with Gasteiger partial charge in [0.25, 0.3) is 0 Å². The van der Waals surface area contributed by atoms with Gasteiger partial charge in [-0.3, -0.25) is 19.2 Å². The second-order valence-electron chi connectivity index (χ2n) is 10.3. The van der Waals surface area contributed by atoms with Crippen LogP contribution >= 0.6 is 0 Å². The van der Waals surface area contributed by atoms with E-state index in [1.165, 1.54) is 12.1 Å². The maximum Gasteiger partial charge on any atom is 0.326 e. The van der Waals surface area contributed by atoms with E-state index in [4.69, 9.17) is 11.5 Å². The zero-order valence-electron chi connectivity index (χ0n) is 22.4. The van der Waals surface area contributed by atoms with Gasteiger partial charge in [0.05, 0.1) is 6.04 Å². The molecule has 1 aromatic carbocycles. The second-order valence-corrected chi connectivity index (χ2v) is 10.3. The number of carboxylic acid groups (broad SMARTS) is 1. The molecule has 38 heavy (non-hydrogen) atoms. The van der Waals surface area contributed by atoms with Gasteiger partial charge in [0, 0.05) is 6.42 Å². The minimum atomic E-state index is -1.21. The van der Waals surface area contributed by atoms with Crippen molar-refractivity contribution in [3.05, 3.63) is 29.8 Å². The SMILES string of the molecule is CC(C)CC(NC(=O)C(CC(C)C)NC(=O)C(CCC(N)=O)NC(=O)C(N)Cc1ccc(O)cc1)C(=O)O. The minimum absolute atomic E-state index is 0.00807. The molecule has 1 rings (SSSR count). The van der Waals surface area contributed by atoms with Crippen LogP contribution in [0.5, 0.6) is 5.75 Å². The standard InChI is InChI=1S/C26H41N5O7/c1-14(2)11-20(25(36)31-21(26(37)38)12-15(3)4)30-24(35)19(9-10-22(28)33)29-23(34)18(27)13-16-5-7-17(32)8-6-16/h5-8,14-15,18-21,32H,9-13,27H2,1-4H3,(H2,28,33)(H,29,34)(H,30,35)(H,31,36)(H,37,38). The molecule has 0 saturated carbocycles. The zero-order chi connectivity index (χ0) is 29.0. The number of phenols is 1. The molecule has 0 aliphatic heterocycles. The van der Waals surface area contributed by atoms with Crippen molar-refractivity contribution in [1.82, 2.24) is 16.0 Å². The Morgan fingerprint density at radius 3 is 1.76 bits per heavy atom. The van der Waals surface area contributed by atoms with Crippen LogP contribution in [0.25, 0.3) is 0 Å². The number of nitrogens with one attached hydrogen (secondary N) is 3. The lowest BCUT2D eigenvalue weighted by Crippen LogP contribution is -2.57. The molecule has 12 heteroatoms. The number of carbonyl (C=O) groups is 5. The normalized spacial score (nSPS) is 14.3. The highest BCUT2D eigenvalue weighted by Crippen LogP contribution is 2.12. The van der Waals surface area contributed by atoms with Crippen LogP contribution in [0, 0.1) is 11.8 Å². The first-order valence-corrected chi connectivity index (χ1v) is 12.6. The van der Waals surface area contributed by atoms with Crippen LogP contribution in [0.2, 0.25) is 0 Å². The van der Waals surface area contributed by atoms with Crippen molar-refractivity contribution < 1.29 is 34.2 Å². The van der Waals surface area contributed by atoms with Gasteiger partial charge in [0.2, 0.25) is 23.6 Å². The number of nitrogens with two attached hydrogens (primary N) is 2. The van der Waals surface area contributed by atoms with E-state index in [0.717, 1.165) is 0 Å². The highest BCUT2D eigenvalue weighted by atomic mass is 16.4. The highest BCUT2D eigenvalue weighted by molar-refractivity contribution is 5.94. The third kappa shape index (κ3) is 12.0. The number of aliphatic carboxylic acids is 1. The van der Waals surface area contributed by atoms with Gasteiger partial charge in [-0.15, -0.1) is 0 Å². The Morgan fingerprint density at radius 2 is 1.26 bits per heavy atom. The fourth-order valence-electron chi connectivity index (χ4n) is 3.75. The monoisotopic (exact) mass is 535 g/mol. The Labute approximate surface area is 222 Å². The third-order valence-electron chi connectivity index (χ3n) is 5.70. The first kappa shape index (κ1) is 32.4. The summed E-state index contributed by atoms with van der Waals surface area (Å²) in [7, 11) is 0. The van der Waals surface area contributed by atoms with Crippen LogP contribution in [-0.4, -0.2) is 64.0 Å². The Hall–Kier alpha value is -3.67. The molecule has 12 nitrogen and oxygen atoms in total. The number of carbonyl (C=O) groups excluding carboxylic acids is 4. The van der Waals surface area contributed by atoms with Crippen molar-refractivity contribution in [2.45, 2.75) is 84.0 Å². The van der Waals surface area contributed by atoms with E-state index in [2.05, 4.69) is 16.0 Å². The zero-order valence-corrected chi connectivity index (χ0v) is 22.4. The summed E-state index contributed by atoms with van der Waals surface area (Å²) >= 11 is 0. The Balaban J connectivity index is 3.00. The summed E-state index contributed by atoms with van der Waals surface area (Å²) in [6.07, 6.45) is 0.213. The Bertz CT molecular complexity index is 965. The van der Waals surface area contributed by atoms with Gasteiger partial charge in [-0.25, -0.2) is 4.79 Å². The van der Waals surface area contributed by atoms with E-state index < -0.39 is 53.8 Å². The lowest BCUT2D eigenvalue weighted by atomic mass is 9.99. The van der Waals surface area contributed by atoms with Gasteiger partial charge in [-0.05, 0) is 55.2 Å². The van der Waals surface area contributed by atoms with E-state index in [-0.39, 0.29) is 49.7 Å². The smallest absolute Gasteiger partial charge is 0.326 e. The molecule has 0 radical (unpaired) electrons. The molecular weight excluding hydrogens is 494 g/mol. The highest BCUT2D eigenvalue weighted by Gasteiger charge is 2.31. The first-order valence-electron chi connectivity index (χ1n) is 12.6. The van der Waals surface area contributed by atoms with E-state index in [1.807, 2.05) is 27.7 Å². The molecule has 4 amide bonds. The Kier molecular flexibility index (Phi) is 13.2. The predicted octanol–water partition coefficient (Wildman–Crippen LogP) is 0.159. The quantitative estimate of drug-likeness (QED) is 0.154. The Morgan fingerprint density at radius 1 is 0.789 bits per heavy atom. The summed E-state index contributed by atoms with van der Waals surface area (Å²) in [5, 5.41) is 26.5. The van der Waals surface area contributed by atoms with Crippen LogP contribution in [0.3, 0.4) is 0 Å². The summed E-state index contributed by atoms with van der Waals surface area (Å²) in [6.45, 7) is 7.33. The molecule has 0 fully saturated rings. The summed E-state index contributed by atoms with van der Waals surface area (Å²) in [4.78, 5) is 61.9. The fourth-order valence-corrected chi connectivity index (χ4v) is 3.75. The average molecular weight is 536 g/mol. The number of benzene rings is 1. The van der Waals surface area contributed by atoms with Crippen LogP contribution in [0.4, 0.5) is 0 Å². The first-order chi connectivity index (χ1) is 17.7. The van der Waals surface area contributed by atoms with Crippen LogP contribution in [0.15, 0.2) is 24.3 Å². The van der Waals surface area contributed by atoms with E-state index >= 15 is 0 Å². The number of primary amides is 1. The van der Waals surface area contributed by atoms with E-state index in [0.29, 0.717) is 5.56 Å². The lowest BCUT2D eigenvalue weighted by Gasteiger charge is -2.26. The van der Waals surface area contributed by atoms with Crippen molar-refractivity contribution in [1.29, 1.82) is 0 Å². The molecule has 0 heterocycles. The van der Waals surface area contributed by atoms with Crippen molar-refractivity contribution >= 4 is 29.6 Å². The van der Waals surface area contributed by atoms with Crippen LogP contribution < -0.4 is 27.4 Å². The molecule has 0 saturated heterocycles. The number of hydrogen-bond donors (Lipinski definition) is 7. The van der Waals surface area contributed by atoms with Gasteiger partial charge in [0.1, 0.15) is 23.9 Å². The molecule has 4 unspecified atom stereocenters. The number of aromatic hydroxyl groups is 1. The van der Waals surface area contributed by atoms with Gasteiger partial charge < -0.3 is 37.6 Å². The third-order valence-corrected chi connectivity index (χ3v) is 5.70. The molecule has 4 atom stereocenters. The summed E-state index contributed by atoms with van der Waals surface area (Å²) in [5.74, 6) is -3.87. The van der Waals surface area contributed by atoms with E-state index in [1.54, 1.807) is 12.1 Å². The van der Waals surface area contributed by atoms with Crippen molar-refractivity contribution in [3.63, 3.8) is 0 Å². The molecule has 0 aromatic heterocycles. The molecular formula is C26H41N5O7. The maximum atomic E-state index is 13.2. The topological polar surface area (TPSA) is 214 Å². The molecule has 0 bridgehead atoms. The molecule has 1 aromatic rings. The van der Waals surface area contributed by atoms with Crippen molar-refractivity contribution in [2.24, 2.45) is 23.3 Å². The number of amides is 4. The number of carboxylic acids is 1. The molecule has 0 aliphatic rings. The molecule has 212 valence electrons. The van der Waals surface area contributed by atoms with Gasteiger partial charge in [-0.1, -0.05) is 39.8 Å². The number of hydrogen-bond acceptors (Lipinski definition) is 7. The molecule has 0 aliphatic carbocycles. The predicted molar refractivity (Wildman–Crippen MR) is 141 cm³/mol. The summed E-state index contributed by atoms with van der Waals surface area (Å²) in [5.41, 5.74) is 11.9. The average Bonchev–Trinajstić information content (AvgIpc) is 2.81. The van der Waals surface area contributed by atoms with Gasteiger partial charge in [0.15, 0.2) is 0 Å². The maximum absolute atomic E-state index is 13.2. The minimum Gasteiger partial charge on any atom is -0.508 e. The molecule has 9 N–H and O–H groups in total. The van der Waals surface area contributed by atoms with Crippen LogP contribution in [-0.2, 0) is 30.4 Å². The summed E-state index contributed by atoms with van der Waals surface area (Å²) < 4.78 is 0. The van der Waals surface area contributed by atoms with Gasteiger partial charge in [-0.2, -0.15) is 0 Å². The lowest BCUT2D eigenvalue weighted by molar-refractivity contribution is -0.143.